The van der Waals surface area contributed by atoms with E-state index in [-0.39, 0.29) is 0 Å². The van der Waals surface area contributed by atoms with Gasteiger partial charge in [0.05, 0.1) is 0 Å². The summed E-state index contributed by atoms with van der Waals surface area (Å²) in [5.41, 5.74) is 2.48. The Morgan fingerprint density at radius 2 is 1.88 bits per heavy atom. The zero-order valence-electron chi connectivity index (χ0n) is 9.61. The molecule has 1 aliphatic rings. The van der Waals surface area contributed by atoms with E-state index in [2.05, 4.69) is 6.08 Å². The number of ketones is 1. The molecule has 1 aromatic carbocycles. The Bertz CT molecular complexity index is 376. The van der Waals surface area contributed by atoms with E-state index in [0.29, 0.717) is 18.6 Å². The molecule has 0 atom stereocenters. The maximum atomic E-state index is 11.8. The van der Waals surface area contributed by atoms with Gasteiger partial charge >= 0.3 is 0 Å². The van der Waals surface area contributed by atoms with Crippen LogP contribution in [0.1, 0.15) is 37.7 Å². The molecule has 0 saturated heterocycles. The molecule has 1 heteroatoms. The third-order valence-corrected chi connectivity index (χ3v) is 3.05. The van der Waals surface area contributed by atoms with Crippen molar-refractivity contribution >= 4 is 5.78 Å². The highest BCUT2D eigenvalue weighted by atomic mass is 16.1. The minimum absolute atomic E-state index is 0.347. The second-order valence-electron chi connectivity index (χ2n) is 4.49. The quantitative estimate of drug-likeness (QED) is 0.699. The van der Waals surface area contributed by atoms with E-state index in [9.17, 15) is 4.79 Å². The molecule has 84 valence electrons. The van der Waals surface area contributed by atoms with Crippen molar-refractivity contribution in [3.05, 3.63) is 47.5 Å². The molecule has 0 amide bonds. The second-order valence-corrected chi connectivity index (χ2v) is 4.49. The Morgan fingerprint density at radius 3 is 2.56 bits per heavy atom. The van der Waals surface area contributed by atoms with E-state index in [1.807, 2.05) is 30.3 Å². The molecule has 2 rings (SSSR count). The lowest BCUT2D eigenvalue weighted by molar-refractivity contribution is -0.117. The van der Waals surface area contributed by atoms with Crippen LogP contribution >= 0.6 is 0 Å². The van der Waals surface area contributed by atoms with Crippen LogP contribution in [0, 0.1) is 0 Å². The van der Waals surface area contributed by atoms with Crippen molar-refractivity contribution in [2.45, 2.75) is 38.5 Å². The van der Waals surface area contributed by atoms with E-state index in [4.69, 9.17) is 0 Å². The molecule has 0 N–H and O–H groups in total. The summed E-state index contributed by atoms with van der Waals surface area (Å²) in [4.78, 5) is 11.8. The zero-order chi connectivity index (χ0) is 11.2. The number of allylic oxidation sites excluding steroid dienone is 2. The Kier molecular flexibility index (Phi) is 3.92. The SMILES string of the molecule is O=C(CC1=CCCCC1)Cc1ccccc1. The predicted molar refractivity (Wildman–Crippen MR) is 66.3 cm³/mol. The first-order valence-electron chi connectivity index (χ1n) is 6.08. The van der Waals surface area contributed by atoms with Gasteiger partial charge in [0, 0.05) is 12.8 Å². The van der Waals surface area contributed by atoms with Crippen LogP contribution in [0.2, 0.25) is 0 Å². The lowest BCUT2D eigenvalue weighted by Gasteiger charge is -2.11. The smallest absolute Gasteiger partial charge is 0.141 e. The normalized spacial score (nSPS) is 15.6. The highest BCUT2D eigenvalue weighted by Gasteiger charge is 2.09. The van der Waals surface area contributed by atoms with Crippen LogP contribution in [0.25, 0.3) is 0 Å². The van der Waals surface area contributed by atoms with Crippen molar-refractivity contribution in [2.75, 3.05) is 0 Å². The summed E-state index contributed by atoms with van der Waals surface area (Å²) in [6.45, 7) is 0. The highest BCUT2D eigenvalue weighted by Crippen LogP contribution is 2.20. The fraction of sp³-hybridized carbons (Fsp3) is 0.400. The average molecular weight is 214 g/mol. The topological polar surface area (TPSA) is 17.1 Å². The Labute approximate surface area is 97.2 Å². The molecule has 0 bridgehead atoms. The monoisotopic (exact) mass is 214 g/mol. The maximum absolute atomic E-state index is 11.8. The number of rotatable bonds is 4. The van der Waals surface area contributed by atoms with Gasteiger partial charge < -0.3 is 0 Å². The summed E-state index contributed by atoms with van der Waals surface area (Å²) >= 11 is 0. The van der Waals surface area contributed by atoms with Crippen molar-refractivity contribution in [1.29, 1.82) is 0 Å². The molecular weight excluding hydrogens is 196 g/mol. The van der Waals surface area contributed by atoms with Gasteiger partial charge in [0.1, 0.15) is 5.78 Å². The Hall–Kier alpha value is -1.37. The van der Waals surface area contributed by atoms with E-state index in [1.54, 1.807) is 0 Å². The lowest BCUT2D eigenvalue weighted by atomic mass is 9.94. The van der Waals surface area contributed by atoms with Crippen molar-refractivity contribution < 1.29 is 4.79 Å². The molecule has 0 spiro atoms. The largest absolute Gasteiger partial charge is 0.299 e. The first kappa shape index (κ1) is 11.1. The number of benzene rings is 1. The number of hydrogen-bond donors (Lipinski definition) is 0. The molecule has 1 nitrogen and oxygen atoms in total. The molecule has 1 aliphatic carbocycles. The zero-order valence-corrected chi connectivity index (χ0v) is 9.61. The molecule has 0 aliphatic heterocycles. The van der Waals surface area contributed by atoms with Gasteiger partial charge in [0.25, 0.3) is 0 Å². The van der Waals surface area contributed by atoms with E-state index < -0.39 is 0 Å². The van der Waals surface area contributed by atoms with Gasteiger partial charge in [-0.15, -0.1) is 0 Å². The van der Waals surface area contributed by atoms with Gasteiger partial charge in [-0.25, -0.2) is 0 Å². The van der Waals surface area contributed by atoms with Crippen LogP contribution < -0.4 is 0 Å². The number of carbonyl (C=O) groups excluding carboxylic acids is 1. The number of Topliss-reactive ketones (excluding diaryl/α,β-unsaturated/α-hetero) is 1. The third-order valence-electron chi connectivity index (χ3n) is 3.05. The van der Waals surface area contributed by atoms with E-state index >= 15 is 0 Å². The van der Waals surface area contributed by atoms with Crippen molar-refractivity contribution in [1.82, 2.24) is 0 Å². The molecule has 0 heterocycles. The summed E-state index contributed by atoms with van der Waals surface area (Å²) < 4.78 is 0. The number of carbonyl (C=O) groups is 1. The summed E-state index contributed by atoms with van der Waals surface area (Å²) in [7, 11) is 0. The van der Waals surface area contributed by atoms with Crippen LogP contribution in [0.4, 0.5) is 0 Å². The van der Waals surface area contributed by atoms with Crippen molar-refractivity contribution in [3.63, 3.8) is 0 Å². The summed E-state index contributed by atoms with van der Waals surface area (Å²) in [5, 5.41) is 0. The average Bonchev–Trinajstić information content (AvgIpc) is 2.31. The lowest BCUT2D eigenvalue weighted by Crippen LogP contribution is -2.05. The fourth-order valence-electron chi connectivity index (χ4n) is 2.20. The standard InChI is InChI=1S/C15H18O/c16-15(11-13-7-3-1-4-8-13)12-14-9-5-2-6-10-14/h1,3-4,7-9H,2,5-6,10-12H2. The van der Waals surface area contributed by atoms with Crippen LogP contribution in [0.15, 0.2) is 42.0 Å². The van der Waals surface area contributed by atoms with Crippen LogP contribution in [-0.4, -0.2) is 5.78 Å². The highest BCUT2D eigenvalue weighted by molar-refractivity contribution is 5.83. The second kappa shape index (κ2) is 5.64. The van der Waals surface area contributed by atoms with Gasteiger partial charge in [-0.3, -0.25) is 4.79 Å². The van der Waals surface area contributed by atoms with Crippen LogP contribution in [0.3, 0.4) is 0 Å². The van der Waals surface area contributed by atoms with Crippen LogP contribution in [-0.2, 0) is 11.2 Å². The predicted octanol–water partition coefficient (Wildman–Crippen LogP) is 3.69. The Balaban J connectivity index is 1.87. The minimum Gasteiger partial charge on any atom is -0.299 e. The summed E-state index contributed by atoms with van der Waals surface area (Å²) in [6.07, 6.45) is 8.33. The molecule has 0 unspecified atom stereocenters. The molecule has 0 fully saturated rings. The first-order valence-corrected chi connectivity index (χ1v) is 6.08. The van der Waals surface area contributed by atoms with E-state index in [0.717, 1.165) is 18.4 Å². The van der Waals surface area contributed by atoms with Crippen molar-refractivity contribution in [2.24, 2.45) is 0 Å². The van der Waals surface area contributed by atoms with Crippen LogP contribution in [0.5, 0.6) is 0 Å². The van der Waals surface area contributed by atoms with Gasteiger partial charge in [-0.2, -0.15) is 0 Å². The molecule has 0 radical (unpaired) electrons. The van der Waals surface area contributed by atoms with Gasteiger partial charge in [0.15, 0.2) is 0 Å². The fourth-order valence-corrected chi connectivity index (χ4v) is 2.20. The molecular formula is C15H18O. The Morgan fingerprint density at radius 1 is 1.06 bits per heavy atom. The molecule has 1 aromatic rings. The van der Waals surface area contributed by atoms with Crippen molar-refractivity contribution in [3.8, 4) is 0 Å². The van der Waals surface area contributed by atoms with Gasteiger partial charge in [-0.1, -0.05) is 42.0 Å². The maximum Gasteiger partial charge on any atom is 0.141 e. The summed E-state index contributed by atoms with van der Waals surface area (Å²) in [6, 6.07) is 10.0. The number of hydrogen-bond acceptors (Lipinski definition) is 1. The van der Waals surface area contributed by atoms with Gasteiger partial charge in [-0.05, 0) is 31.2 Å². The molecule has 0 saturated carbocycles. The minimum atomic E-state index is 0.347. The molecule has 0 aromatic heterocycles. The first-order chi connectivity index (χ1) is 7.84. The molecule has 16 heavy (non-hydrogen) atoms. The summed E-state index contributed by atoms with van der Waals surface area (Å²) in [5.74, 6) is 0.347. The van der Waals surface area contributed by atoms with E-state index in [1.165, 1.54) is 18.4 Å². The third kappa shape index (κ3) is 3.34. The van der Waals surface area contributed by atoms with Gasteiger partial charge in [0.2, 0.25) is 0 Å².